The van der Waals surface area contributed by atoms with E-state index in [4.69, 9.17) is 0 Å². The van der Waals surface area contributed by atoms with Crippen LogP contribution in [0.5, 0.6) is 0 Å². The van der Waals surface area contributed by atoms with E-state index < -0.39 is 46.7 Å². The van der Waals surface area contributed by atoms with Gasteiger partial charge >= 0.3 is 6.18 Å². The zero-order chi connectivity index (χ0) is 18.7. The number of benzene rings is 1. The topological polar surface area (TPSA) is 83.5 Å². The molecule has 136 valence electrons. The lowest BCUT2D eigenvalue weighted by molar-refractivity contribution is -0.179. The van der Waals surface area contributed by atoms with Crippen LogP contribution in [0.1, 0.15) is 18.6 Å². The molecule has 0 aliphatic carbocycles. The van der Waals surface area contributed by atoms with Crippen molar-refractivity contribution in [3.63, 3.8) is 0 Å². The van der Waals surface area contributed by atoms with Crippen LogP contribution in [0.4, 0.5) is 17.6 Å². The highest BCUT2D eigenvalue weighted by Crippen LogP contribution is 2.26. The molecule has 0 bridgehead atoms. The second-order valence-corrected chi connectivity index (χ2v) is 7.33. The van der Waals surface area contributed by atoms with Gasteiger partial charge in [-0.05, 0) is 24.6 Å². The van der Waals surface area contributed by atoms with Crippen LogP contribution in [0.15, 0.2) is 29.2 Å². The first kappa shape index (κ1) is 20.4. The van der Waals surface area contributed by atoms with Crippen molar-refractivity contribution < 1.29 is 35.9 Å². The molecule has 1 amide bonds. The summed E-state index contributed by atoms with van der Waals surface area (Å²) in [6, 6.07) is 3.14. The fraction of sp³-hybridized carbons (Fsp3) is 0.500. The number of hydrogen-bond acceptors (Lipinski definition) is 4. The lowest BCUT2D eigenvalue weighted by Crippen LogP contribution is -2.46. The Morgan fingerprint density at radius 1 is 1.25 bits per heavy atom. The Balaban J connectivity index is 2.90. The predicted molar refractivity (Wildman–Crippen MR) is 77.6 cm³/mol. The molecule has 0 aliphatic rings. The monoisotopic (exact) mass is 371 g/mol. The summed E-state index contributed by atoms with van der Waals surface area (Å²) in [6.07, 6.45) is -5.44. The third kappa shape index (κ3) is 5.17. The highest BCUT2D eigenvalue weighted by atomic mass is 32.2. The second-order valence-electron chi connectivity index (χ2n) is 5.32. The van der Waals surface area contributed by atoms with Crippen LogP contribution >= 0.6 is 0 Å². The minimum Gasteiger partial charge on any atom is -0.386 e. The molecule has 0 heterocycles. The van der Waals surface area contributed by atoms with E-state index in [2.05, 4.69) is 0 Å². The van der Waals surface area contributed by atoms with Gasteiger partial charge < -0.3 is 10.4 Å². The largest absolute Gasteiger partial charge is 0.400 e. The smallest absolute Gasteiger partial charge is 0.386 e. The number of sulfone groups is 1. The summed E-state index contributed by atoms with van der Waals surface area (Å²) in [5.41, 5.74) is 0.0602. The summed E-state index contributed by atoms with van der Waals surface area (Å²) in [5.74, 6) is -3.82. The molecule has 5 nitrogen and oxygen atoms in total. The van der Waals surface area contributed by atoms with Crippen LogP contribution < -0.4 is 5.32 Å². The van der Waals surface area contributed by atoms with E-state index in [1.54, 1.807) is 0 Å². The Kier molecular flexibility index (Phi) is 6.34. The van der Waals surface area contributed by atoms with Crippen molar-refractivity contribution in [3.8, 4) is 0 Å². The summed E-state index contributed by atoms with van der Waals surface area (Å²) >= 11 is 0. The molecular weight excluding hydrogens is 354 g/mol. The van der Waals surface area contributed by atoms with Gasteiger partial charge in [0.1, 0.15) is 18.7 Å². The number of carbonyl (C=O) groups excluding carboxylic acids is 1. The molecule has 0 spiro atoms. The van der Waals surface area contributed by atoms with Crippen molar-refractivity contribution >= 4 is 15.7 Å². The van der Waals surface area contributed by atoms with Crippen LogP contribution in [-0.4, -0.2) is 44.6 Å². The van der Waals surface area contributed by atoms with E-state index in [0.717, 1.165) is 6.26 Å². The number of rotatable bonds is 6. The van der Waals surface area contributed by atoms with Gasteiger partial charge in [0.2, 0.25) is 5.91 Å². The van der Waals surface area contributed by atoms with Crippen molar-refractivity contribution in [1.29, 1.82) is 0 Å². The molecule has 0 radical (unpaired) electrons. The van der Waals surface area contributed by atoms with Crippen molar-refractivity contribution in [2.24, 2.45) is 5.92 Å². The minimum absolute atomic E-state index is 0.0371. The molecule has 3 atom stereocenters. The van der Waals surface area contributed by atoms with Crippen LogP contribution in [0.3, 0.4) is 0 Å². The lowest BCUT2D eigenvalue weighted by Gasteiger charge is -2.24. The number of amides is 1. The zero-order valence-corrected chi connectivity index (χ0v) is 13.7. The van der Waals surface area contributed by atoms with Crippen molar-refractivity contribution in [3.05, 3.63) is 29.8 Å². The summed E-state index contributed by atoms with van der Waals surface area (Å²) in [5, 5.41) is 11.8. The number of nitrogens with one attached hydrogen (secondary N) is 1. The molecule has 1 aromatic rings. The van der Waals surface area contributed by atoms with Gasteiger partial charge in [-0.2, -0.15) is 13.2 Å². The molecule has 1 unspecified atom stereocenters. The standard InChI is InChI=1S/C14H17F4NO4S/c1-8(14(16,17)18)13(21)19-11(7-15)12(20)9-3-5-10(6-4-9)24(2,22)23/h3-6,8,11-12,20H,7H2,1-2H3,(H,19,21)/t8?,11-,12-/m1/s1. The molecule has 1 aromatic carbocycles. The molecule has 1 rings (SSSR count). The Morgan fingerprint density at radius 2 is 1.75 bits per heavy atom. The number of alkyl halides is 4. The average molecular weight is 371 g/mol. The van der Waals surface area contributed by atoms with Gasteiger partial charge in [0, 0.05) is 6.26 Å². The Hall–Kier alpha value is -1.68. The Labute approximate surface area is 136 Å². The highest BCUT2D eigenvalue weighted by Gasteiger charge is 2.42. The van der Waals surface area contributed by atoms with E-state index in [0.29, 0.717) is 6.92 Å². The van der Waals surface area contributed by atoms with Gasteiger partial charge in [-0.1, -0.05) is 12.1 Å². The molecule has 0 fully saturated rings. The van der Waals surface area contributed by atoms with E-state index in [1.165, 1.54) is 24.3 Å². The third-order valence-electron chi connectivity index (χ3n) is 3.41. The van der Waals surface area contributed by atoms with E-state index in [1.807, 2.05) is 5.32 Å². The molecule has 0 saturated heterocycles. The average Bonchev–Trinajstić information content (AvgIpc) is 2.49. The van der Waals surface area contributed by atoms with E-state index >= 15 is 0 Å². The third-order valence-corrected chi connectivity index (χ3v) is 4.54. The first-order valence-electron chi connectivity index (χ1n) is 6.79. The van der Waals surface area contributed by atoms with Crippen LogP contribution in [-0.2, 0) is 14.6 Å². The van der Waals surface area contributed by atoms with Crippen molar-refractivity contribution in [2.75, 3.05) is 12.9 Å². The molecular formula is C14H17F4NO4S. The number of halogens is 4. The number of aliphatic hydroxyl groups excluding tert-OH is 1. The molecule has 2 N–H and O–H groups in total. The summed E-state index contributed by atoms with van der Waals surface area (Å²) in [4.78, 5) is 11.5. The maximum Gasteiger partial charge on any atom is 0.400 e. The maximum absolute atomic E-state index is 13.0. The normalized spacial score (nSPS) is 16.3. The Bertz CT molecular complexity index is 673. The predicted octanol–water partition coefficient (Wildman–Crippen LogP) is 1.78. The lowest BCUT2D eigenvalue weighted by atomic mass is 10.0. The fourth-order valence-corrected chi connectivity index (χ4v) is 2.43. The zero-order valence-electron chi connectivity index (χ0n) is 12.8. The van der Waals surface area contributed by atoms with Gasteiger partial charge in [-0.15, -0.1) is 0 Å². The SMILES string of the molecule is CC(C(=O)N[C@H](CF)[C@H](O)c1ccc(S(C)(=O)=O)cc1)C(F)(F)F. The summed E-state index contributed by atoms with van der Waals surface area (Å²) < 4.78 is 73.1. The van der Waals surface area contributed by atoms with E-state index in [9.17, 15) is 35.9 Å². The van der Waals surface area contributed by atoms with Gasteiger partial charge in [0.15, 0.2) is 9.84 Å². The summed E-state index contributed by atoms with van der Waals surface area (Å²) in [7, 11) is -3.47. The van der Waals surface area contributed by atoms with Crippen molar-refractivity contribution in [2.45, 2.75) is 30.1 Å². The van der Waals surface area contributed by atoms with Gasteiger partial charge in [-0.3, -0.25) is 4.79 Å². The fourth-order valence-electron chi connectivity index (χ4n) is 1.80. The second kappa shape index (κ2) is 7.47. The molecule has 0 aliphatic heterocycles. The molecule has 10 heteroatoms. The first-order valence-corrected chi connectivity index (χ1v) is 8.68. The minimum atomic E-state index is -4.78. The quantitative estimate of drug-likeness (QED) is 0.747. The highest BCUT2D eigenvalue weighted by molar-refractivity contribution is 7.90. The molecule has 0 aromatic heterocycles. The van der Waals surface area contributed by atoms with E-state index in [-0.39, 0.29) is 10.5 Å². The van der Waals surface area contributed by atoms with Gasteiger partial charge in [0.05, 0.1) is 10.9 Å². The Morgan fingerprint density at radius 3 is 2.12 bits per heavy atom. The molecule has 24 heavy (non-hydrogen) atoms. The summed E-state index contributed by atoms with van der Waals surface area (Å²) in [6.45, 7) is -0.677. The van der Waals surface area contributed by atoms with Crippen molar-refractivity contribution in [1.82, 2.24) is 5.32 Å². The van der Waals surface area contributed by atoms with Crippen LogP contribution in [0.2, 0.25) is 0 Å². The van der Waals surface area contributed by atoms with Crippen LogP contribution in [0.25, 0.3) is 0 Å². The number of aliphatic hydroxyl groups is 1. The maximum atomic E-state index is 13.0. The number of hydrogen-bond donors (Lipinski definition) is 2. The van der Waals surface area contributed by atoms with Crippen LogP contribution in [0, 0.1) is 5.92 Å². The number of carbonyl (C=O) groups is 1. The molecule has 0 saturated carbocycles. The van der Waals surface area contributed by atoms with Gasteiger partial charge in [0.25, 0.3) is 0 Å². The first-order chi connectivity index (χ1) is 10.9. The van der Waals surface area contributed by atoms with Gasteiger partial charge in [-0.25, -0.2) is 12.8 Å².